The lowest BCUT2D eigenvalue weighted by molar-refractivity contribution is -0.146. The van der Waals surface area contributed by atoms with Crippen LogP contribution >= 0.6 is 0 Å². The fourth-order valence-electron chi connectivity index (χ4n) is 1.97. The Bertz CT molecular complexity index is 247. The number of rotatable bonds is 5. The number of carbonyl (C=O) groups excluding carboxylic acids is 1. The van der Waals surface area contributed by atoms with Crippen molar-refractivity contribution in [1.29, 1.82) is 0 Å². The van der Waals surface area contributed by atoms with Crippen LogP contribution in [-0.2, 0) is 14.3 Å². The fourth-order valence-corrected chi connectivity index (χ4v) is 1.97. The molecule has 1 rings (SSSR count). The van der Waals surface area contributed by atoms with Gasteiger partial charge in [-0.05, 0) is 20.8 Å². The molecule has 0 radical (unpaired) electrons. The predicted molar refractivity (Wildman–Crippen MR) is 63.7 cm³/mol. The van der Waals surface area contributed by atoms with Gasteiger partial charge in [-0.1, -0.05) is 0 Å². The van der Waals surface area contributed by atoms with Gasteiger partial charge in [-0.25, -0.2) is 0 Å². The number of morpholine rings is 1. The van der Waals surface area contributed by atoms with Crippen LogP contribution in [0.3, 0.4) is 0 Å². The third-order valence-corrected chi connectivity index (χ3v) is 2.89. The van der Waals surface area contributed by atoms with E-state index in [0.717, 1.165) is 6.54 Å². The molecule has 1 N–H and O–H groups in total. The van der Waals surface area contributed by atoms with Crippen molar-refractivity contribution in [3.63, 3.8) is 0 Å². The number of ether oxygens (including phenoxy) is 2. The van der Waals surface area contributed by atoms with E-state index in [2.05, 4.69) is 11.8 Å². The molecule has 17 heavy (non-hydrogen) atoms. The summed E-state index contributed by atoms with van der Waals surface area (Å²) >= 11 is 0. The highest BCUT2D eigenvalue weighted by atomic mass is 16.5. The lowest BCUT2D eigenvalue weighted by Gasteiger charge is -2.37. The summed E-state index contributed by atoms with van der Waals surface area (Å²) in [6, 6.07) is 0.281. The van der Waals surface area contributed by atoms with Gasteiger partial charge in [0, 0.05) is 19.1 Å². The molecule has 1 heterocycles. The van der Waals surface area contributed by atoms with Crippen molar-refractivity contribution < 1.29 is 19.4 Å². The van der Waals surface area contributed by atoms with E-state index in [9.17, 15) is 9.90 Å². The Kier molecular flexibility index (Phi) is 5.88. The highest BCUT2D eigenvalue weighted by molar-refractivity contribution is 5.69. The van der Waals surface area contributed by atoms with E-state index in [-0.39, 0.29) is 24.5 Å². The van der Waals surface area contributed by atoms with Crippen LogP contribution in [-0.4, -0.2) is 60.5 Å². The molecule has 5 heteroatoms. The van der Waals surface area contributed by atoms with Crippen molar-refractivity contribution in [2.75, 3.05) is 26.3 Å². The Balaban J connectivity index is 2.33. The monoisotopic (exact) mass is 245 g/mol. The average molecular weight is 245 g/mol. The van der Waals surface area contributed by atoms with Crippen LogP contribution in [0.4, 0.5) is 0 Å². The van der Waals surface area contributed by atoms with Crippen molar-refractivity contribution in [2.24, 2.45) is 0 Å². The molecule has 1 aliphatic rings. The smallest absolute Gasteiger partial charge is 0.308 e. The number of aliphatic hydroxyl groups is 1. The summed E-state index contributed by atoms with van der Waals surface area (Å²) in [7, 11) is 0. The number of hydrogen-bond acceptors (Lipinski definition) is 5. The van der Waals surface area contributed by atoms with E-state index in [1.165, 1.54) is 0 Å². The van der Waals surface area contributed by atoms with Gasteiger partial charge >= 0.3 is 5.97 Å². The second-order valence-electron chi connectivity index (χ2n) is 4.61. The number of esters is 1. The molecule has 1 aliphatic heterocycles. The largest absolute Gasteiger partial charge is 0.466 e. The summed E-state index contributed by atoms with van der Waals surface area (Å²) in [6.07, 6.45) is -0.422. The molecular formula is C12H23NO4. The van der Waals surface area contributed by atoms with Gasteiger partial charge < -0.3 is 14.6 Å². The van der Waals surface area contributed by atoms with Gasteiger partial charge in [-0.3, -0.25) is 9.69 Å². The van der Waals surface area contributed by atoms with Crippen molar-refractivity contribution in [3.8, 4) is 0 Å². The van der Waals surface area contributed by atoms with Gasteiger partial charge in [0.05, 0.1) is 31.8 Å². The summed E-state index contributed by atoms with van der Waals surface area (Å²) < 4.78 is 10.3. The van der Waals surface area contributed by atoms with Gasteiger partial charge in [-0.2, -0.15) is 0 Å². The van der Waals surface area contributed by atoms with Crippen molar-refractivity contribution in [3.05, 3.63) is 0 Å². The maximum absolute atomic E-state index is 11.2. The first-order chi connectivity index (χ1) is 8.02. The van der Waals surface area contributed by atoms with Crippen LogP contribution in [0.5, 0.6) is 0 Å². The van der Waals surface area contributed by atoms with Crippen molar-refractivity contribution in [2.45, 2.75) is 45.4 Å². The fraction of sp³-hybridized carbons (Fsp3) is 0.917. The van der Waals surface area contributed by atoms with Crippen LogP contribution in [0.2, 0.25) is 0 Å². The zero-order valence-electron chi connectivity index (χ0n) is 10.9. The van der Waals surface area contributed by atoms with Gasteiger partial charge in [0.25, 0.3) is 0 Å². The van der Waals surface area contributed by atoms with Crippen LogP contribution in [0.1, 0.15) is 27.2 Å². The standard InChI is InChI=1S/C12H23NO4/c1-4-16-12(15)5-11(14)7-13-6-10(3)17-8-9(13)2/h9-11,14H,4-8H2,1-3H3. The highest BCUT2D eigenvalue weighted by Gasteiger charge is 2.26. The Hall–Kier alpha value is -0.650. The first kappa shape index (κ1) is 14.4. The van der Waals surface area contributed by atoms with Gasteiger partial charge in [0.1, 0.15) is 0 Å². The van der Waals surface area contributed by atoms with Crippen LogP contribution in [0.15, 0.2) is 0 Å². The Morgan fingerprint density at radius 2 is 2.29 bits per heavy atom. The highest BCUT2D eigenvalue weighted by Crippen LogP contribution is 2.12. The molecule has 1 fully saturated rings. The van der Waals surface area contributed by atoms with Crippen LogP contribution in [0, 0.1) is 0 Å². The molecule has 0 aromatic rings. The zero-order chi connectivity index (χ0) is 12.8. The summed E-state index contributed by atoms with van der Waals surface area (Å²) in [5.74, 6) is -0.339. The number of aliphatic hydroxyl groups excluding tert-OH is 1. The number of hydrogen-bond donors (Lipinski definition) is 1. The van der Waals surface area contributed by atoms with E-state index in [4.69, 9.17) is 9.47 Å². The minimum absolute atomic E-state index is 0.0618. The molecule has 0 spiro atoms. The Morgan fingerprint density at radius 3 is 2.94 bits per heavy atom. The molecule has 100 valence electrons. The molecule has 0 aromatic carbocycles. The molecular weight excluding hydrogens is 222 g/mol. The van der Waals surface area contributed by atoms with E-state index >= 15 is 0 Å². The van der Waals surface area contributed by atoms with E-state index in [0.29, 0.717) is 19.8 Å². The first-order valence-corrected chi connectivity index (χ1v) is 6.22. The normalized spacial score (nSPS) is 27.8. The Labute approximate surface area is 103 Å². The predicted octanol–water partition coefficient (Wildman–Crippen LogP) is 0.410. The minimum Gasteiger partial charge on any atom is -0.466 e. The van der Waals surface area contributed by atoms with Gasteiger partial charge in [0.15, 0.2) is 0 Å². The lowest BCUT2D eigenvalue weighted by Crippen LogP contribution is -2.50. The summed E-state index contributed by atoms with van der Waals surface area (Å²) in [6.45, 7) is 8.15. The van der Waals surface area contributed by atoms with E-state index < -0.39 is 6.10 Å². The molecule has 3 unspecified atom stereocenters. The second kappa shape index (κ2) is 6.93. The molecule has 0 saturated carbocycles. The maximum Gasteiger partial charge on any atom is 0.308 e. The summed E-state index contributed by atoms with van der Waals surface area (Å²) in [4.78, 5) is 13.4. The van der Waals surface area contributed by atoms with Crippen molar-refractivity contribution in [1.82, 2.24) is 4.90 Å². The maximum atomic E-state index is 11.2. The third kappa shape index (κ3) is 5.02. The topological polar surface area (TPSA) is 59.0 Å². The van der Waals surface area contributed by atoms with Crippen molar-refractivity contribution >= 4 is 5.97 Å². The SMILES string of the molecule is CCOC(=O)CC(O)CN1CC(C)OCC1C. The van der Waals surface area contributed by atoms with E-state index in [1.54, 1.807) is 6.92 Å². The van der Waals surface area contributed by atoms with Gasteiger partial charge in [0.2, 0.25) is 0 Å². The average Bonchev–Trinajstić information content (AvgIpc) is 2.23. The summed E-state index contributed by atoms with van der Waals surface area (Å²) in [5.41, 5.74) is 0. The minimum atomic E-state index is -0.665. The molecule has 3 atom stereocenters. The first-order valence-electron chi connectivity index (χ1n) is 6.22. The zero-order valence-corrected chi connectivity index (χ0v) is 10.9. The molecule has 0 amide bonds. The van der Waals surface area contributed by atoms with E-state index in [1.807, 2.05) is 6.92 Å². The number of carbonyl (C=O) groups is 1. The second-order valence-corrected chi connectivity index (χ2v) is 4.61. The third-order valence-electron chi connectivity index (χ3n) is 2.89. The number of β-amino-alcohol motifs (C(OH)–C–C–N with tert-alkyl or cyclic N) is 1. The molecule has 1 saturated heterocycles. The molecule has 5 nitrogen and oxygen atoms in total. The Morgan fingerprint density at radius 1 is 1.59 bits per heavy atom. The summed E-state index contributed by atoms with van der Waals surface area (Å²) in [5, 5.41) is 9.82. The van der Waals surface area contributed by atoms with Gasteiger partial charge in [-0.15, -0.1) is 0 Å². The lowest BCUT2D eigenvalue weighted by atomic mass is 10.1. The van der Waals surface area contributed by atoms with Crippen LogP contribution in [0.25, 0.3) is 0 Å². The van der Waals surface area contributed by atoms with Crippen LogP contribution < -0.4 is 0 Å². The molecule has 0 aliphatic carbocycles. The molecule has 0 bridgehead atoms. The quantitative estimate of drug-likeness (QED) is 0.711. The molecule has 0 aromatic heterocycles. The number of nitrogens with zero attached hydrogens (tertiary/aromatic N) is 1.